The van der Waals surface area contributed by atoms with Crippen LogP contribution in [-0.4, -0.2) is 27.1 Å². The molecule has 3 aromatic rings. The van der Waals surface area contributed by atoms with Crippen molar-refractivity contribution in [3.63, 3.8) is 0 Å². The lowest BCUT2D eigenvalue weighted by Gasteiger charge is -2.41. The summed E-state index contributed by atoms with van der Waals surface area (Å²) in [4.78, 5) is 32.9. The zero-order valence-corrected chi connectivity index (χ0v) is 18.4. The molecule has 0 aromatic carbocycles. The summed E-state index contributed by atoms with van der Waals surface area (Å²) in [6.07, 6.45) is 3.18. The van der Waals surface area contributed by atoms with Gasteiger partial charge in [-0.3, -0.25) is 20.4 Å². The smallest absolute Gasteiger partial charge is 0.327 e. The minimum Gasteiger partial charge on any atom is -0.455 e. The second-order valence-corrected chi connectivity index (χ2v) is 8.80. The molecule has 9 heteroatoms. The first-order valence-corrected chi connectivity index (χ1v) is 10.4. The maximum absolute atomic E-state index is 12.2. The number of ether oxygens (including phenoxy) is 1. The summed E-state index contributed by atoms with van der Waals surface area (Å²) in [5, 5.41) is 8.85. The highest BCUT2D eigenvalue weighted by molar-refractivity contribution is 6.01. The lowest BCUT2D eigenvalue weighted by Crippen LogP contribution is -2.45. The molecule has 3 aromatic heterocycles. The third kappa shape index (κ3) is 4.93. The molecule has 0 atom stereocenters. The average Bonchev–Trinajstić information content (AvgIpc) is 3.15. The van der Waals surface area contributed by atoms with E-state index in [0.29, 0.717) is 34.5 Å². The lowest BCUT2D eigenvalue weighted by molar-refractivity contribution is -0.130. The number of hydrogen-bond donors (Lipinski definition) is 2. The Morgan fingerprint density at radius 3 is 2.59 bits per heavy atom. The molecule has 9 nitrogen and oxygen atoms in total. The Labute approximate surface area is 185 Å². The van der Waals surface area contributed by atoms with Crippen LogP contribution in [0, 0.1) is 25.2 Å². The first-order valence-electron chi connectivity index (χ1n) is 10.4. The fraction of sp³-hybridized carbons (Fsp3) is 0.348. The summed E-state index contributed by atoms with van der Waals surface area (Å²) < 4.78 is 11.2. The zero-order valence-electron chi connectivity index (χ0n) is 18.4. The van der Waals surface area contributed by atoms with E-state index < -0.39 is 6.03 Å². The second kappa shape index (κ2) is 8.41. The van der Waals surface area contributed by atoms with E-state index >= 15 is 0 Å². The Balaban J connectivity index is 1.37. The van der Waals surface area contributed by atoms with Gasteiger partial charge in [0.1, 0.15) is 23.0 Å². The van der Waals surface area contributed by atoms with E-state index in [1.165, 1.54) is 0 Å². The summed E-state index contributed by atoms with van der Waals surface area (Å²) >= 11 is 0. The summed E-state index contributed by atoms with van der Waals surface area (Å²) in [5.41, 5.74) is 2.10. The van der Waals surface area contributed by atoms with E-state index in [1.54, 1.807) is 43.5 Å². The molecule has 0 radical (unpaired) electrons. The molecule has 0 bridgehead atoms. The van der Waals surface area contributed by atoms with Crippen LogP contribution >= 0.6 is 0 Å². The summed E-state index contributed by atoms with van der Waals surface area (Å²) in [7, 11) is 0. The number of aromatic nitrogens is 3. The van der Waals surface area contributed by atoms with Gasteiger partial charge in [-0.2, -0.15) is 0 Å². The number of nitrogens with one attached hydrogen (secondary N) is 2. The van der Waals surface area contributed by atoms with Crippen molar-refractivity contribution in [2.24, 2.45) is 11.3 Å². The largest absolute Gasteiger partial charge is 0.455 e. The number of rotatable bonds is 5. The highest BCUT2D eigenvalue weighted by atomic mass is 16.5. The van der Waals surface area contributed by atoms with E-state index in [-0.39, 0.29) is 17.2 Å². The first kappa shape index (κ1) is 21.5. The van der Waals surface area contributed by atoms with Crippen molar-refractivity contribution in [3.05, 3.63) is 47.9 Å². The second-order valence-electron chi connectivity index (χ2n) is 8.80. The number of anilines is 1. The van der Waals surface area contributed by atoms with Crippen molar-refractivity contribution in [3.8, 4) is 23.0 Å². The van der Waals surface area contributed by atoms with Gasteiger partial charge in [0.2, 0.25) is 5.91 Å². The Hall–Kier alpha value is -3.75. The molecule has 32 heavy (non-hydrogen) atoms. The minimum atomic E-state index is -0.596. The monoisotopic (exact) mass is 435 g/mol. The maximum atomic E-state index is 12.2. The molecule has 0 saturated heterocycles. The van der Waals surface area contributed by atoms with Gasteiger partial charge >= 0.3 is 6.03 Å². The molecule has 1 aliphatic carbocycles. The number of nitrogens with zero attached hydrogens (tertiary/aromatic N) is 3. The Bertz CT molecular complexity index is 1160. The van der Waals surface area contributed by atoms with Crippen LogP contribution in [0.4, 0.5) is 10.6 Å². The highest BCUT2D eigenvalue weighted by Gasteiger charge is 2.40. The minimum absolute atomic E-state index is 0.118. The van der Waals surface area contributed by atoms with Gasteiger partial charge in [0.25, 0.3) is 0 Å². The first-order chi connectivity index (χ1) is 15.2. The van der Waals surface area contributed by atoms with Crippen LogP contribution in [0.25, 0.3) is 11.5 Å². The Morgan fingerprint density at radius 2 is 1.94 bits per heavy atom. The summed E-state index contributed by atoms with van der Waals surface area (Å²) in [6, 6.07) is 7.97. The number of urea groups is 1. The zero-order chi connectivity index (χ0) is 22.9. The number of aryl methyl sites for hydroxylation is 2. The lowest BCUT2D eigenvalue weighted by atomic mass is 9.64. The van der Waals surface area contributed by atoms with Gasteiger partial charge in [-0.1, -0.05) is 19.0 Å². The number of carbonyl (C=O) groups excluding carboxylic acids is 2. The van der Waals surface area contributed by atoms with E-state index in [2.05, 4.69) is 39.6 Å². The number of imide groups is 1. The standard InChI is InChI=1S/C23H25N5O4/c1-13-9-19(32-28-13)17-10-16(7-8-24-17)31-18-5-6-20(25-14(18)2)26-22(30)27-21(29)15-11-23(3,4)12-15/h5-10,15H,11-12H2,1-4H3,(H2,25,26,27,29,30). The molecule has 166 valence electrons. The van der Waals surface area contributed by atoms with E-state index in [0.717, 1.165) is 18.5 Å². The number of hydrogen-bond acceptors (Lipinski definition) is 7. The van der Waals surface area contributed by atoms with Crippen LogP contribution in [-0.2, 0) is 4.79 Å². The van der Waals surface area contributed by atoms with Crippen molar-refractivity contribution in [2.75, 3.05) is 5.32 Å². The summed E-state index contributed by atoms with van der Waals surface area (Å²) in [5.74, 6) is 1.58. The van der Waals surface area contributed by atoms with Crippen LogP contribution in [0.5, 0.6) is 11.5 Å². The van der Waals surface area contributed by atoms with Gasteiger partial charge in [0.15, 0.2) is 5.76 Å². The number of carbonyl (C=O) groups is 2. The molecular weight excluding hydrogens is 410 g/mol. The molecule has 1 fully saturated rings. The van der Waals surface area contributed by atoms with Gasteiger partial charge in [-0.05, 0) is 50.3 Å². The molecular formula is C23H25N5O4. The normalized spacial score (nSPS) is 15.0. The van der Waals surface area contributed by atoms with Crippen molar-refractivity contribution >= 4 is 17.8 Å². The maximum Gasteiger partial charge on any atom is 0.327 e. The number of amides is 3. The summed E-state index contributed by atoms with van der Waals surface area (Å²) in [6.45, 7) is 7.81. The van der Waals surface area contributed by atoms with Gasteiger partial charge in [0.05, 0.1) is 11.4 Å². The van der Waals surface area contributed by atoms with E-state index in [1.807, 2.05) is 6.92 Å². The molecule has 3 amide bonds. The van der Waals surface area contributed by atoms with Crippen molar-refractivity contribution in [1.29, 1.82) is 0 Å². The molecule has 1 aliphatic rings. The van der Waals surface area contributed by atoms with Crippen LogP contribution in [0.2, 0.25) is 0 Å². The third-order valence-electron chi connectivity index (χ3n) is 5.32. The molecule has 0 spiro atoms. The van der Waals surface area contributed by atoms with E-state index in [4.69, 9.17) is 9.26 Å². The van der Waals surface area contributed by atoms with Gasteiger partial charge < -0.3 is 9.26 Å². The molecule has 3 heterocycles. The van der Waals surface area contributed by atoms with Crippen molar-refractivity contribution in [1.82, 2.24) is 20.4 Å². The quantitative estimate of drug-likeness (QED) is 0.600. The average molecular weight is 435 g/mol. The topological polar surface area (TPSA) is 119 Å². The predicted molar refractivity (Wildman–Crippen MR) is 117 cm³/mol. The Morgan fingerprint density at radius 1 is 1.16 bits per heavy atom. The molecule has 0 unspecified atom stereocenters. The number of pyridine rings is 2. The van der Waals surface area contributed by atoms with Gasteiger partial charge in [-0.25, -0.2) is 9.78 Å². The van der Waals surface area contributed by atoms with Crippen molar-refractivity contribution in [2.45, 2.75) is 40.5 Å². The van der Waals surface area contributed by atoms with Crippen LogP contribution in [0.3, 0.4) is 0 Å². The highest BCUT2D eigenvalue weighted by Crippen LogP contribution is 2.44. The molecule has 4 rings (SSSR count). The van der Waals surface area contributed by atoms with Gasteiger partial charge in [-0.15, -0.1) is 0 Å². The van der Waals surface area contributed by atoms with Crippen molar-refractivity contribution < 1.29 is 18.8 Å². The fourth-order valence-electron chi connectivity index (χ4n) is 3.77. The predicted octanol–water partition coefficient (Wildman–Crippen LogP) is 4.63. The van der Waals surface area contributed by atoms with Crippen LogP contribution in [0.1, 0.15) is 38.1 Å². The molecule has 1 saturated carbocycles. The third-order valence-corrected chi connectivity index (χ3v) is 5.32. The van der Waals surface area contributed by atoms with Crippen LogP contribution in [0.15, 0.2) is 41.1 Å². The van der Waals surface area contributed by atoms with Crippen LogP contribution < -0.4 is 15.4 Å². The fourth-order valence-corrected chi connectivity index (χ4v) is 3.77. The molecule has 0 aliphatic heterocycles. The molecule has 2 N–H and O–H groups in total. The Kier molecular flexibility index (Phi) is 5.65. The van der Waals surface area contributed by atoms with Gasteiger partial charge in [0, 0.05) is 24.2 Å². The SMILES string of the molecule is Cc1cc(-c2cc(Oc3ccc(NC(=O)NC(=O)C4CC(C)(C)C4)nc3C)ccn2)on1. The van der Waals surface area contributed by atoms with E-state index in [9.17, 15) is 9.59 Å².